The van der Waals surface area contributed by atoms with Crippen molar-refractivity contribution in [2.45, 2.75) is 0 Å². The van der Waals surface area contributed by atoms with Crippen molar-refractivity contribution in [1.29, 1.82) is 0 Å². The maximum absolute atomic E-state index is 5.21. The highest BCUT2D eigenvalue weighted by Gasteiger charge is 1.97. The average molecular weight is 239 g/mol. The van der Waals surface area contributed by atoms with Crippen molar-refractivity contribution >= 4 is 10.8 Å². The lowest BCUT2D eigenvalue weighted by Gasteiger charge is -2.03. The molecule has 0 saturated heterocycles. The molecule has 0 aromatic heterocycles. The standard InChI is InChI=1S/C16H17NO/c1-17(2)10-4-5-13-6-7-15-12-16(18-3)9-8-14(15)11-13/h6-9,11-12H,10H2,1-3H3. The lowest BCUT2D eigenvalue weighted by Crippen LogP contribution is -2.10. The number of methoxy groups -OCH3 is 1. The van der Waals surface area contributed by atoms with Crippen LogP contribution in [0.25, 0.3) is 10.8 Å². The number of fused-ring (bicyclic) bond motifs is 1. The smallest absolute Gasteiger partial charge is 0.119 e. The molecule has 0 amide bonds. The van der Waals surface area contributed by atoms with Gasteiger partial charge in [-0.05, 0) is 49.1 Å². The van der Waals surface area contributed by atoms with Gasteiger partial charge in [-0.25, -0.2) is 0 Å². The fourth-order valence-electron chi connectivity index (χ4n) is 1.73. The van der Waals surface area contributed by atoms with Crippen LogP contribution in [0.5, 0.6) is 5.75 Å². The molecule has 0 aliphatic rings. The van der Waals surface area contributed by atoms with Gasteiger partial charge >= 0.3 is 0 Å². The van der Waals surface area contributed by atoms with Gasteiger partial charge in [-0.2, -0.15) is 0 Å². The van der Waals surface area contributed by atoms with Crippen LogP contribution >= 0.6 is 0 Å². The molecule has 92 valence electrons. The van der Waals surface area contributed by atoms with E-state index in [1.54, 1.807) is 7.11 Å². The molecule has 0 saturated carbocycles. The first-order valence-electron chi connectivity index (χ1n) is 5.90. The van der Waals surface area contributed by atoms with Crippen molar-refractivity contribution in [3.8, 4) is 17.6 Å². The molecule has 2 aromatic rings. The second-order valence-corrected chi connectivity index (χ2v) is 4.47. The molecule has 2 nitrogen and oxygen atoms in total. The third-order valence-corrected chi connectivity index (χ3v) is 2.68. The molecule has 0 N–H and O–H groups in total. The summed E-state index contributed by atoms with van der Waals surface area (Å²) in [6, 6.07) is 12.3. The van der Waals surface area contributed by atoms with Crippen LogP contribution in [0.4, 0.5) is 0 Å². The van der Waals surface area contributed by atoms with Gasteiger partial charge in [-0.15, -0.1) is 0 Å². The van der Waals surface area contributed by atoms with Crippen LogP contribution in [0.1, 0.15) is 5.56 Å². The zero-order chi connectivity index (χ0) is 13.0. The van der Waals surface area contributed by atoms with E-state index >= 15 is 0 Å². The predicted octanol–water partition coefficient (Wildman–Crippen LogP) is 2.76. The molecular weight excluding hydrogens is 222 g/mol. The molecule has 2 rings (SSSR count). The molecule has 0 radical (unpaired) electrons. The third-order valence-electron chi connectivity index (χ3n) is 2.68. The minimum Gasteiger partial charge on any atom is -0.497 e. The summed E-state index contributed by atoms with van der Waals surface area (Å²) in [5.41, 5.74) is 1.05. The van der Waals surface area contributed by atoms with Crippen LogP contribution in [0.2, 0.25) is 0 Å². The van der Waals surface area contributed by atoms with Crippen molar-refractivity contribution in [2.75, 3.05) is 27.7 Å². The van der Waals surface area contributed by atoms with E-state index in [1.807, 2.05) is 32.3 Å². The Morgan fingerprint density at radius 3 is 2.50 bits per heavy atom. The fourth-order valence-corrected chi connectivity index (χ4v) is 1.73. The van der Waals surface area contributed by atoms with Gasteiger partial charge in [-0.1, -0.05) is 24.0 Å². The molecular formula is C16H17NO. The number of benzene rings is 2. The quantitative estimate of drug-likeness (QED) is 0.747. The van der Waals surface area contributed by atoms with E-state index in [-0.39, 0.29) is 0 Å². The van der Waals surface area contributed by atoms with Crippen LogP contribution in [0, 0.1) is 11.8 Å². The van der Waals surface area contributed by atoms with Gasteiger partial charge in [0, 0.05) is 5.56 Å². The van der Waals surface area contributed by atoms with Crippen LogP contribution in [0.3, 0.4) is 0 Å². The SMILES string of the molecule is COc1ccc2cc(C#CCN(C)C)ccc2c1. The topological polar surface area (TPSA) is 12.5 Å². The van der Waals surface area contributed by atoms with Crippen molar-refractivity contribution in [3.05, 3.63) is 42.0 Å². The summed E-state index contributed by atoms with van der Waals surface area (Å²) in [4.78, 5) is 2.05. The summed E-state index contributed by atoms with van der Waals surface area (Å²) in [7, 11) is 5.71. The molecule has 0 aliphatic heterocycles. The summed E-state index contributed by atoms with van der Waals surface area (Å²) in [6.45, 7) is 0.778. The molecule has 0 fully saturated rings. The normalized spacial score (nSPS) is 10.2. The first kappa shape index (κ1) is 12.5. The highest BCUT2D eigenvalue weighted by Crippen LogP contribution is 2.21. The Labute approximate surface area is 108 Å². The Kier molecular flexibility index (Phi) is 3.86. The van der Waals surface area contributed by atoms with Crippen molar-refractivity contribution in [1.82, 2.24) is 4.90 Å². The molecule has 0 bridgehead atoms. The van der Waals surface area contributed by atoms with Crippen LogP contribution in [0.15, 0.2) is 36.4 Å². The summed E-state index contributed by atoms with van der Waals surface area (Å²) < 4.78 is 5.21. The first-order valence-corrected chi connectivity index (χ1v) is 5.90. The van der Waals surface area contributed by atoms with E-state index in [4.69, 9.17) is 4.74 Å². The summed E-state index contributed by atoms with van der Waals surface area (Å²) in [5, 5.41) is 2.36. The maximum Gasteiger partial charge on any atom is 0.119 e. The lowest BCUT2D eigenvalue weighted by molar-refractivity contribution is 0.415. The van der Waals surface area contributed by atoms with Gasteiger partial charge in [0.1, 0.15) is 5.75 Å². The van der Waals surface area contributed by atoms with E-state index in [9.17, 15) is 0 Å². The van der Waals surface area contributed by atoms with Crippen molar-refractivity contribution < 1.29 is 4.74 Å². The van der Waals surface area contributed by atoms with Crippen LogP contribution in [-0.2, 0) is 0 Å². The van der Waals surface area contributed by atoms with Gasteiger partial charge in [0.05, 0.1) is 13.7 Å². The van der Waals surface area contributed by atoms with Crippen molar-refractivity contribution in [2.24, 2.45) is 0 Å². The summed E-state index contributed by atoms with van der Waals surface area (Å²) >= 11 is 0. The number of nitrogens with zero attached hydrogens (tertiary/aromatic N) is 1. The van der Waals surface area contributed by atoms with Gasteiger partial charge in [0.25, 0.3) is 0 Å². The Hall–Kier alpha value is -1.98. The second-order valence-electron chi connectivity index (χ2n) is 4.47. The van der Waals surface area contributed by atoms with Gasteiger partial charge in [-0.3, -0.25) is 4.90 Å². The molecule has 0 spiro atoms. The molecule has 0 heterocycles. The highest BCUT2D eigenvalue weighted by atomic mass is 16.5. The van der Waals surface area contributed by atoms with E-state index in [2.05, 4.69) is 34.9 Å². The fraction of sp³-hybridized carbons (Fsp3) is 0.250. The molecule has 0 unspecified atom stereocenters. The number of ether oxygens (including phenoxy) is 1. The van der Waals surface area contributed by atoms with Gasteiger partial charge in [0.15, 0.2) is 0 Å². The molecule has 0 atom stereocenters. The third kappa shape index (κ3) is 3.03. The first-order chi connectivity index (χ1) is 8.69. The van der Waals surface area contributed by atoms with E-state index in [1.165, 1.54) is 10.8 Å². The zero-order valence-corrected chi connectivity index (χ0v) is 11.0. The van der Waals surface area contributed by atoms with E-state index in [0.29, 0.717) is 0 Å². The number of hydrogen-bond acceptors (Lipinski definition) is 2. The van der Waals surface area contributed by atoms with Gasteiger partial charge < -0.3 is 4.74 Å². The minimum absolute atomic E-state index is 0.778. The highest BCUT2D eigenvalue weighted by molar-refractivity contribution is 5.85. The summed E-state index contributed by atoms with van der Waals surface area (Å²) in [6.07, 6.45) is 0. The number of hydrogen-bond donors (Lipinski definition) is 0. The zero-order valence-electron chi connectivity index (χ0n) is 11.0. The molecule has 2 aromatic carbocycles. The Morgan fingerprint density at radius 1 is 1.06 bits per heavy atom. The van der Waals surface area contributed by atoms with E-state index < -0.39 is 0 Å². The largest absolute Gasteiger partial charge is 0.497 e. The Balaban J connectivity index is 2.29. The predicted molar refractivity (Wildman–Crippen MR) is 75.9 cm³/mol. The second kappa shape index (κ2) is 5.57. The minimum atomic E-state index is 0.778. The molecule has 0 aliphatic carbocycles. The maximum atomic E-state index is 5.21. The average Bonchev–Trinajstić information content (AvgIpc) is 2.37. The number of rotatable bonds is 2. The Bertz CT molecular complexity index is 605. The summed E-state index contributed by atoms with van der Waals surface area (Å²) in [5.74, 6) is 7.20. The molecule has 18 heavy (non-hydrogen) atoms. The monoisotopic (exact) mass is 239 g/mol. The lowest BCUT2D eigenvalue weighted by atomic mass is 10.1. The van der Waals surface area contributed by atoms with E-state index in [0.717, 1.165) is 17.9 Å². The van der Waals surface area contributed by atoms with Crippen LogP contribution < -0.4 is 4.74 Å². The van der Waals surface area contributed by atoms with Gasteiger partial charge in [0.2, 0.25) is 0 Å². The molecule has 2 heteroatoms. The van der Waals surface area contributed by atoms with Crippen LogP contribution in [-0.4, -0.2) is 32.6 Å². The van der Waals surface area contributed by atoms with Crippen molar-refractivity contribution in [3.63, 3.8) is 0 Å². The Morgan fingerprint density at radius 2 is 1.78 bits per heavy atom.